The zero-order valence-corrected chi connectivity index (χ0v) is 26.5. The summed E-state index contributed by atoms with van der Waals surface area (Å²) < 4.78 is 19.4. The van der Waals surface area contributed by atoms with Crippen LogP contribution in [0.15, 0.2) is 112 Å². The van der Waals surface area contributed by atoms with E-state index in [1.165, 1.54) is 22.1 Å². The molecule has 0 saturated carbocycles. The van der Waals surface area contributed by atoms with E-state index in [9.17, 15) is 9.59 Å². The topological polar surface area (TPSA) is 79.1 Å². The first-order valence-electron chi connectivity index (χ1n) is 15.0. The van der Waals surface area contributed by atoms with Gasteiger partial charge in [-0.2, -0.15) is 0 Å². The van der Waals surface area contributed by atoms with Crippen LogP contribution in [0.2, 0.25) is 0 Å². The third kappa shape index (κ3) is 6.33. The van der Waals surface area contributed by atoms with Crippen molar-refractivity contribution in [1.82, 2.24) is 4.57 Å². The number of allylic oxidation sites excluding steroid dienone is 1. The average molecular weight is 619 g/mol. The van der Waals surface area contributed by atoms with Gasteiger partial charge in [0.2, 0.25) is 0 Å². The van der Waals surface area contributed by atoms with Gasteiger partial charge in [-0.1, -0.05) is 78.1 Å². The van der Waals surface area contributed by atoms with Crippen molar-refractivity contribution in [2.24, 2.45) is 4.99 Å². The highest BCUT2D eigenvalue weighted by Crippen LogP contribution is 2.32. The minimum atomic E-state index is -0.685. The SMILES string of the molecule is CCOc1ccc([C@@H]2C(C(=O)OC(C)C)=C(C)N=c3s/c(=C/c4ccc(OCc5cccc6ccccc56)cc4)c(=O)n32)cc1. The molecule has 228 valence electrons. The Labute approximate surface area is 265 Å². The van der Waals surface area contributed by atoms with E-state index in [-0.39, 0.29) is 11.7 Å². The Morgan fingerprint density at radius 1 is 0.933 bits per heavy atom. The number of carbonyl (C=O) groups is 1. The predicted octanol–water partition coefficient (Wildman–Crippen LogP) is 6.32. The van der Waals surface area contributed by atoms with Gasteiger partial charge in [0.15, 0.2) is 4.80 Å². The summed E-state index contributed by atoms with van der Waals surface area (Å²) in [6.45, 7) is 8.30. The Kier molecular flexibility index (Phi) is 8.67. The normalized spacial score (nSPS) is 14.8. The van der Waals surface area contributed by atoms with Gasteiger partial charge >= 0.3 is 5.97 Å². The second-order valence-electron chi connectivity index (χ2n) is 11.0. The van der Waals surface area contributed by atoms with E-state index in [0.717, 1.165) is 22.4 Å². The van der Waals surface area contributed by atoms with Crippen molar-refractivity contribution in [3.63, 3.8) is 0 Å². The van der Waals surface area contributed by atoms with Gasteiger partial charge in [-0.15, -0.1) is 0 Å². The molecule has 0 fully saturated rings. The van der Waals surface area contributed by atoms with Crippen molar-refractivity contribution in [2.45, 2.75) is 46.4 Å². The highest BCUT2D eigenvalue weighted by Gasteiger charge is 2.33. The first kappa shape index (κ1) is 30.1. The van der Waals surface area contributed by atoms with Gasteiger partial charge in [0.1, 0.15) is 18.1 Å². The molecule has 5 aromatic rings. The van der Waals surface area contributed by atoms with Crippen LogP contribution >= 0.6 is 11.3 Å². The van der Waals surface area contributed by atoms with Crippen molar-refractivity contribution in [3.05, 3.63) is 139 Å². The van der Waals surface area contributed by atoms with Crippen molar-refractivity contribution < 1.29 is 19.0 Å². The van der Waals surface area contributed by atoms with E-state index >= 15 is 0 Å². The smallest absolute Gasteiger partial charge is 0.338 e. The van der Waals surface area contributed by atoms with E-state index in [1.807, 2.05) is 79.7 Å². The van der Waals surface area contributed by atoms with E-state index in [0.29, 0.717) is 39.6 Å². The van der Waals surface area contributed by atoms with Crippen LogP contribution in [-0.2, 0) is 16.1 Å². The summed E-state index contributed by atoms with van der Waals surface area (Å²) in [6, 6.07) is 28.9. The molecule has 1 aromatic heterocycles. The second-order valence-corrected chi connectivity index (χ2v) is 12.0. The fourth-order valence-electron chi connectivity index (χ4n) is 5.48. The Hall–Kier alpha value is -4.95. The molecule has 4 aromatic carbocycles. The Morgan fingerprint density at radius 2 is 1.62 bits per heavy atom. The van der Waals surface area contributed by atoms with E-state index < -0.39 is 12.0 Å². The molecule has 8 heteroatoms. The molecular weight excluding hydrogens is 584 g/mol. The van der Waals surface area contributed by atoms with Crippen LogP contribution in [0.3, 0.4) is 0 Å². The maximum absolute atomic E-state index is 14.0. The monoisotopic (exact) mass is 618 g/mol. The predicted molar refractivity (Wildman–Crippen MR) is 177 cm³/mol. The lowest BCUT2D eigenvalue weighted by molar-refractivity contribution is -0.143. The number of aromatic nitrogens is 1. The number of hydrogen-bond donors (Lipinski definition) is 0. The summed E-state index contributed by atoms with van der Waals surface area (Å²) in [5, 5.41) is 2.35. The second kappa shape index (κ2) is 13.0. The quantitative estimate of drug-likeness (QED) is 0.181. The lowest BCUT2D eigenvalue weighted by Gasteiger charge is -2.25. The Morgan fingerprint density at radius 3 is 2.36 bits per heavy atom. The standard InChI is InChI=1S/C37H34N2O5S/c1-5-42-29-19-15-27(16-20-29)34-33(36(41)44-23(2)3)24(4)38-37-39(34)35(40)32(45-37)21-25-13-17-30(18-14-25)43-22-28-11-8-10-26-9-6-7-12-31(26)28/h6-21,23,34H,5,22H2,1-4H3/b32-21+/t34-/m1/s1. The van der Waals surface area contributed by atoms with Gasteiger partial charge in [0.05, 0.1) is 34.6 Å². The van der Waals surface area contributed by atoms with E-state index in [2.05, 4.69) is 29.3 Å². The van der Waals surface area contributed by atoms with E-state index in [4.69, 9.17) is 14.2 Å². The van der Waals surface area contributed by atoms with Crippen LogP contribution in [0.5, 0.6) is 11.5 Å². The van der Waals surface area contributed by atoms with Crippen molar-refractivity contribution >= 4 is 34.2 Å². The number of fused-ring (bicyclic) bond motifs is 2. The van der Waals surface area contributed by atoms with E-state index in [1.54, 1.807) is 25.3 Å². The molecule has 0 saturated heterocycles. The summed E-state index contributed by atoms with van der Waals surface area (Å²) in [4.78, 5) is 32.5. The molecule has 1 aliphatic rings. The third-order valence-electron chi connectivity index (χ3n) is 7.54. The Bertz CT molecular complexity index is 2070. The molecular formula is C37H34N2O5S. The van der Waals surface area contributed by atoms with Gasteiger partial charge in [-0.25, -0.2) is 9.79 Å². The average Bonchev–Trinajstić information content (AvgIpc) is 3.33. The van der Waals surface area contributed by atoms with Crippen LogP contribution < -0.4 is 24.4 Å². The number of carbonyl (C=O) groups excluding carboxylic acids is 1. The summed E-state index contributed by atoms with van der Waals surface area (Å²) in [6.07, 6.45) is 1.53. The maximum atomic E-state index is 14.0. The molecule has 0 amide bonds. The first-order chi connectivity index (χ1) is 21.8. The molecule has 0 spiro atoms. The van der Waals surface area contributed by atoms with Gasteiger partial charge in [0, 0.05) is 0 Å². The third-order valence-corrected chi connectivity index (χ3v) is 8.53. The maximum Gasteiger partial charge on any atom is 0.338 e. The fourth-order valence-corrected chi connectivity index (χ4v) is 6.53. The highest BCUT2D eigenvalue weighted by atomic mass is 32.1. The summed E-state index contributed by atoms with van der Waals surface area (Å²) in [5.41, 5.74) is 3.39. The molecule has 6 rings (SSSR count). The van der Waals surface area contributed by atoms with Crippen molar-refractivity contribution in [2.75, 3.05) is 6.61 Å². The van der Waals surface area contributed by atoms with Crippen LogP contribution in [0.25, 0.3) is 16.8 Å². The van der Waals surface area contributed by atoms with Crippen LogP contribution in [-0.4, -0.2) is 23.2 Å². The molecule has 2 heterocycles. The van der Waals surface area contributed by atoms with Gasteiger partial charge in [0.25, 0.3) is 5.56 Å². The zero-order chi connectivity index (χ0) is 31.5. The first-order valence-corrected chi connectivity index (χ1v) is 15.8. The lowest BCUT2D eigenvalue weighted by atomic mass is 9.96. The van der Waals surface area contributed by atoms with Crippen LogP contribution in [0, 0.1) is 0 Å². The van der Waals surface area contributed by atoms with Gasteiger partial charge in [-0.05, 0) is 85.5 Å². The number of rotatable bonds is 9. The molecule has 45 heavy (non-hydrogen) atoms. The molecule has 0 N–H and O–H groups in total. The van der Waals surface area contributed by atoms with Crippen LogP contribution in [0.1, 0.15) is 50.4 Å². The largest absolute Gasteiger partial charge is 0.494 e. The minimum absolute atomic E-state index is 0.226. The number of nitrogens with zero attached hydrogens (tertiary/aromatic N) is 2. The lowest BCUT2D eigenvalue weighted by Crippen LogP contribution is -2.40. The highest BCUT2D eigenvalue weighted by molar-refractivity contribution is 7.07. The molecule has 0 unspecified atom stereocenters. The number of hydrogen-bond acceptors (Lipinski definition) is 7. The number of thiazole rings is 1. The van der Waals surface area contributed by atoms with Crippen LogP contribution in [0.4, 0.5) is 0 Å². The molecule has 7 nitrogen and oxygen atoms in total. The Balaban J connectivity index is 1.31. The number of ether oxygens (including phenoxy) is 3. The molecule has 1 aliphatic heterocycles. The number of benzene rings is 4. The number of esters is 1. The summed E-state index contributed by atoms with van der Waals surface area (Å²) in [5.74, 6) is 0.963. The van der Waals surface area contributed by atoms with Crippen molar-refractivity contribution in [3.8, 4) is 11.5 Å². The summed E-state index contributed by atoms with van der Waals surface area (Å²) in [7, 11) is 0. The molecule has 0 radical (unpaired) electrons. The van der Waals surface area contributed by atoms with Gasteiger partial charge in [-0.3, -0.25) is 9.36 Å². The molecule has 0 aliphatic carbocycles. The van der Waals surface area contributed by atoms with Gasteiger partial charge < -0.3 is 14.2 Å². The molecule has 0 bridgehead atoms. The summed E-state index contributed by atoms with van der Waals surface area (Å²) >= 11 is 1.30. The van der Waals surface area contributed by atoms with Crippen molar-refractivity contribution in [1.29, 1.82) is 0 Å². The fraction of sp³-hybridized carbons (Fsp3) is 0.216. The molecule has 1 atom stereocenters. The minimum Gasteiger partial charge on any atom is -0.494 e. The zero-order valence-electron chi connectivity index (χ0n) is 25.7.